The van der Waals surface area contributed by atoms with Gasteiger partial charge < -0.3 is 15.8 Å². The van der Waals surface area contributed by atoms with Crippen molar-refractivity contribution < 1.29 is 9.53 Å². The number of ether oxygens (including phenoxy) is 1. The molecule has 0 aliphatic rings. The third kappa shape index (κ3) is 4.12. The predicted molar refractivity (Wildman–Crippen MR) is 60.1 cm³/mol. The molecule has 1 amide bonds. The normalized spacial score (nSPS) is 10.2. The Morgan fingerprint density at radius 2 is 2.31 bits per heavy atom. The van der Waals surface area contributed by atoms with E-state index in [-0.39, 0.29) is 6.61 Å². The number of anilines is 1. The first-order chi connectivity index (χ1) is 7.59. The zero-order valence-corrected chi connectivity index (χ0v) is 9.43. The minimum Gasteiger partial charge on any atom is -0.448 e. The quantitative estimate of drug-likeness (QED) is 0.731. The summed E-state index contributed by atoms with van der Waals surface area (Å²) < 4.78 is 4.57. The van der Waals surface area contributed by atoms with Crippen molar-refractivity contribution in [2.75, 3.05) is 18.5 Å². The minimum atomic E-state index is -0.771. The third-order valence-corrected chi connectivity index (χ3v) is 1.93. The van der Waals surface area contributed by atoms with Crippen LogP contribution in [0.4, 0.5) is 10.6 Å². The van der Waals surface area contributed by atoms with E-state index in [1.807, 2.05) is 6.07 Å². The zero-order chi connectivity index (χ0) is 12.0. The molecule has 1 rings (SSSR count). The van der Waals surface area contributed by atoms with Crippen LogP contribution in [0.1, 0.15) is 25.5 Å². The summed E-state index contributed by atoms with van der Waals surface area (Å²) in [7, 11) is 0. The summed E-state index contributed by atoms with van der Waals surface area (Å²) in [6.45, 7) is 4.80. The van der Waals surface area contributed by atoms with Crippen molar-refractivity contribution in [3.8, 4) is 0 Å². The molecule has 0 bridgehead atoms. The van der Waals surface area contributed by atoms with Crippen molar-refractivity contribution in [3.05, 3.63) is 18.1 Å². The monoisotopic (exact) mass is 224 g/mol. The van der Waals surface area contributed by atoms with Gasteiger partial charge in [0, 0.05) is 11.8 Å². The van der Waals surface area contributed by atoms with E-state index in [1.54, 1.807) is 0 Å². The third-order valence-electron chi connectivity index (χ3n) is 1.93. The van der Waals surface area contributed by atoms with E-state index < -0.39 is 6.09 Å². The SMILES string of the molecule is CC(C)c1cc(NCCOC(N)=O)ncn1. The van der Waals surface area contributed by atoms with Gasteiger partial charge in [-0.15, -0.1) is 0 Å². The predicted octanol–water partition coefficient (Wildman–Crippen LogP) is 1.11. The summed E-state index contributed by atoms with van der Waals surface area (Å²) >= 11 is 0. The van der Waals surface area contributed by atoms with E-state index in [2.05, 4.69) is 33.9 Å². The maximum Gasteiger partial charge on any atom is 0.404 e. The molecule has 0 unspecified atom stereocenters. The lowest BCUT2D eigenvalue weighted by Crippen LogP contribution is -2.18. The molecule has 0 fully saturated rings. The molecule has 1 aromatic heterocycles. The number of hydrogen-bond donors (Lipinski definition) is 2. The Morgan fingerprint density at radius 1 is 1.56 bits per heavy atom. The van der Waals surface area contributed by atoms with Crippen LogP contribution in [0, 0.1) is 0 Å². The topological polar surface area (TPSA) is 90.1 Å². The Hall–Kier alpha value is -1.85. The van der Waals surface area contributed by atoms with Gasteiger partial charge in [0.25, 0.3) is 0 Å². The minimum absolute atomic E-state index is 0.219. The lowest BCUT2D eigenvalue weighted by atomic mass is 10.1. The van der Waals surface area contributed by atoms with Gasteiger partial charge in [0.1, 0.15) is 18.8 Å². The second-order valence-electron chi connectivity index (χ2n) is 3.58. The highest BCUT2D eigenvalue weighted by Crippen LogP contribution is 2.13. The van der Waals surface area contributed by atoms with E-state index in [0.717, 1.165) is 5.69 Å². The fourth-order valence-electron chi connectivity index (χ4n) is 1.12. The van der Waals surface area contributed by atoms with Crippen molar-refractivity contribution >= 4 is 11.9 Å². The van der Waals surface area contributed by atoms with Gasteiger partial charge in [-0.05, 0) is 5.92 Å². The summed E-state index contributed by atoms with van der Waals surface area (Å²) in [5.41, 5.74) is 5.79. The van der Waals surface area contributed by atoms with Crippen LogP contribution in [0.5, 0.6) is 0 Å². The van der Waals surface area contributed by atoms with Crippen molar-refractivity contribution in [2.45, 2.75) is 19.8 Å². The van der Waals surface area contributed by atoms with Gasteiger partial charge in [-0.1, -0.05) is 13.8 Å². The van der Waals surface area contributed by atoms with Crippen LogP contribution in [0.3, 0.4) is 0 Å². The summed E-state index contributed by atoms with van der Waals surface area (Å²) in [5.74, 6) is 1.07. The summed E-state index contributed by atoms with van der Waals surface area (Å²) in [6.07, 6.45) is 0.736. The van der Waals surface area contributed by atoms with Gasteiger partial charge in [0.15, 0.2) is 0 Å². The van der Waals surface area contributed by atoms with Gasteiger partial charge in [-0.2, -0.15) is 0 Å². The van der Waals surface area contributed by atoms with Gasteiger partial charge in [-0.3, -0.25) is 0 Å². The second-order valence-corrected chi connectivity index (χ2v) is 3.58. The molecule has 0 aliphatic heterocycles. The van der Waals surface area contributed by atoms with E-state index in [1.165, 1.54) is 6.33 Å². The number of nitrogens with two attached hydrogens (primary N) is 1. The molecule has 6 nitrogen and oxygen atoms in total. The van der Waals surface area contributed by atoms with Crippen LogP contribution in [0.2, 0.25) is 0 Å². The molecule has 0 spiro atoms. The fraction of sp³-hybridized carbons (Fsp3) is 0.500. The number of hydrogen-bond acceptors (Lipinski definition) is 5. The van der Waals surface area contributed by atoms with Crippen molar-refractivity contribution in [1.29, 1.82) is 0 Å². The van der Waals surface area contributed by atoms with E-state index in [9.17, 15) is 4.79 Å². The molecular formula is C10H16N4O2. The molecule has 0 aromatic carbocycles. The van der Waals surface area contributed by atoms with Gasteiger partial charge in [0.2, 0.25) is 0 Å². The first kappa shape index (κ1) is 12.2. The summed E-state index contributed by atoms with van der Waals surface area (Å²) in [6, 6.07) is 1.87. The first-order valence-electron chi connectivity index (χ1n) is 5.07. The maximum atomic E-state index is 10.3. The molecule has 3 N–H and O–H groups in total. The number of carbonyl (C=O) groups is 1. The van der Waals surface area contributed by atoms with Crippen LogP contribution in [-0.4, -0.2) is 29.2 Å². The molecule has 0 saturated heterocycles. The van der Waals surface area contributed by atoms with Gasteiger partial charge >= 0.3 is 6.09 Å². The van der Waals surface area contributed by atoms with E-state index in [4.69, 9.17) is 5.73 Å². The molecule has 16 heavy (non-hydrogen) atoms. The molecular weight excluding hydrogens is 208 g/mol. The lowest BCUT2D eigenvalue weighted by Gasteiger charge is -2.08. The standard InChI is InChI=1S/C10H16N4O2/c1-7(2)8-5-9(14-6-13-8)12-3-4-16-10(11)15/h5-7H,3-4H2,1-2H3,(H2,11,15)(H,12,13,14). The number of carbonyl (C=O) groups excluding carboxylic acids is 1. The average molecular weight is 224 g/mol. The molecule has 6 heteroatoms. The first-order valence-corrected chi connectivity index (χ1v) is 5.07. The van der Waals surface area contributed by atoms with Crippen molar-refractivity contribution in [2.24, 2.45) is 5.73 Å². The van der Waals surface area contributed by atoms with Crippen molar-refractivity contribution in [3.63, 3.8) is 0 Å². The molecule has 0 saturated carbocycles. The van der Waals surface area contributed by atoms with E-state index in [0.29, 0.717) is 18.3 Å². The number of nitrogens with one attached hydrogen (secondary N) is 1. The largest absolute Gasteiger partial charge is 0.448 e. The molecule has 1 aromatic rings. The Morgan fingerprint density at radius 3 is 2.94 bits per heavy atom. The van der Waals surface area contributed by atoms with Crippen LogP contribution in [0.25, 0.3) is 0 Å². The lowest BCUT2D eigenvalue weighted by molar-refractivity contribution is 0.161. The Balaban J connectivity index is 2.42. The fourth-order valence-corrected chi connectivity index (χ4v) is 1.12. The van der Waals surface area contributed by atoms with Crippen LogP contribution < -0.4 is 11.1 Å². The molecule has 1 heterocycles. The van der Waals surface area contributed by atoms with Crippen LogP contribution in [0.15, 0.2) is 12.4 Å². The summed E-state index contributed by atoms with van der Waals surface area (Å²) in [5, 5.41) is 3.01. The van der Waals surface area contributed by atoms with Crippen molar-refractivity contribution in [1.82, 2.24) is 9.97 Å². The molecule has 0 radical (unpaired) electrons. The van der Waals surface area contributed by atoms with Crippen LogP contribution in [-0.2, 0) is 4.74 Å². The Kier molecular flexibility index (Phi) is 4.50. The molecule has 0 aliphatic carbocycles. The number of amides is 1. The Labute approximate surface area is 94.2 Å². The maximum absolute atomic E-state index is 10.3. The number of primary amides is 1. The molecule has 0 atom stereocenters. The smallest absolute Gasteiger partial charge is 0.404 e. The Bertz CT molecular complexity index is 354. The number of rotatable bonds is 5. The highest BCUT2D eigenvalue weighted by Gasteiger charge is 2.02. The average Bonchev–Trinajstić information content (AvgIpc) is 2.24. The number of nitrogens with zero attached hydrogens (tertiary/aromatic N) is 2. The van der Waals surface area contributed by atoms with E-state index >= 15 is 0 Å². The van der Waals surface area contributed by atoms with Crippen LogP contribution >= 0.6 is 0 Å². The zero-order valence-electron chi connectivity index (χ0n) is 9.43. The summed E-state index contributed by atoms with van der Waals surface area (Å²) in [4.78, 5) is 18.5. The highest BCUT2D eigenvalue weighted by molar-refractivity contribution is 5.64. The van der Waals surface area contributed by atoms with Gasteiger partial charge in [-0.25, -0.2) is 14.8 Å². The number of aromatic nitrogens is 2. The molecule has 88 valence electrons. The highest BCUT2D eigenvalue weighted by atomic mass is 16.5. The second kappa shape index (κ2) is 5.89. The van der Waals surface area contributed by atoms with Gasteiger partial charge in [0.05, 0.1) is 6.54 Å².